The van der Waals surface area contributed by atoms with Crippen molar-refractivity contribution in [2.45, 2.75) is 44.9 Å². The molecule has 0 unspecified atom stereocenters. The van der Waals surface area contributed by atoms with Crippen molar-refractivity contribution in [3.63, 3.8) is 0 Å². The van der Waals surface area contributed by atoms with Gasteiger partial charge in [0.2, 0.25) is 0 Å². The number of fused-ring (bicyclic) bond motifs is 10. The van der Waals surface area contributed by atoms with E-state index in [4.69, 9.17) is 0 Å². The largest absolute Gasteiger partial charge is 0.310 e. The van der Waals surface area contributed by atoms with E-state index in [1.165, 1.54) is 22.3 Å². The van der Waals surface area contributed by atoms with E-state index in [1.807, 2.05) is 24.3 Å². The van der Waals surface area contributed by atoms with Crippen LogP contribution in [0.15, 0.2) is 291 Å². The van der Waals surface area contributed by atoms with Crippen LogP contribution in [0.3, 0.4) is 0 Å². The smallest absolute Gasteiger partial charge is 0.125 e. The molecule has 0 radical (unpaired) electrons. The Labute approximate surface area is 507 Å². The summed E-state index contributed by atoms with van der Waals surface area (Å²) in [4.78, 5) is 4.45. The lowest BCUT2D eigenvalue weighted by molar-refractivity contribution is 0.628. The van der Waals surface area contributed by atoms with Crippen LogP contribution in [0, 0.1) is 11.6 Å². The summed E-state index contributed by atoms with van der Waals surface area (Å²) >= 11 is 0. The molecular weight excluding hydrogens is 1060 g/mol. The van der Waals surface area contributed by atoms with Gasteiger partial charge in [-0.1, -0.05) is 234 Å². The normalized spacial score (nSPS) is 12.6. The lowest BCUT2D eigenvalue weighted by Crippen LogP contribution is -2.29. The highest BCUT2D eigenvalue weighted by atomic mass is 19.1. The fraction of sp³-hybridized carbons (Fsp3) is 0.0843. The first kappa shape index (κ1) is 53.3. The van der Waals surface area contributed by atoms with Crippen LogP contribution in [0.1, 0.15) is 72.9 Å². The molecule has 0 saturated carbocycles. The van der Waals surface area contributed by atoms with Gasteiger partial charge in [0.05, 0.1) is 5.41 Å². The molecule has 0 fully saturated rings. The fourth-order valence-electron chi connectivity index (χ4n) is 14.0. The third-order valence-electron chi connectivity index (χ3n) is 18.1. The van der Waals surface area contributed by atoms with E-state index in [0.717, 1.165) is 110 Å². The van der Waals surface area contributed by atoms with Gasteiger partial charge in [-0.15, -0.1) is 0 Å². The van der Waals surface area contributed by atoms with Crippen molar-refractivity contribution in [3.8, 4) is 33.4 Å². The van der Waals surface area contributed by atoms with Crippen LogP contribution in [-0.4, -0.2) is 0 Å². The number of anilines is 6. The lowest BCUT2D eigenvalue weighted by Gasteiger charge is -2.36. The Balaban J connectivity index is 0.987. The Bertz CT molecular complexity index is 4900. The van der Waals surface area contributed by atoms with Gasteiger partial charge in [0.15, 0.2) is 0 Å². The second-order valence-corrected chi connectivity index (χ2v) is 23.9. The molecule has 0 atom stereocenters. The van der Waals surface area contributed by atoms with Crippen molar-refractivity contribution >= 4 is 77.2 Å². The molecule has 0 heterocycles. The summed E-state index contributed by atoms with van der Waals surface area (Å²) in [6, 6.07) is 102. The highest BCUT2D eigenvalue weighted by molar-refractivity contribution is 6.20. The molecule has 4 heteroatoms. The first-order valence-electron chi connectivity index (χ1n) is 30.2. The van der Waals surface area contributed by atoms with Crippen molar-refractivity contribution in [1.82, 2.24) is 0 Å². The molecule has 1 aliphatic carbocycles. The van der Waals surface area contributed by atoms with E-state index in [0.29, 0.717) is 23.2 Å². The SMILES string of the molecule is CC(C)c1ccc(N(c2cc(F)cc(-c3cccc4ccccc34)c2)c2ccc3c(c2)C(c2ccccc2)(c2ccccc2)c2c-3c3ccccc3c3cc(N(c4ccc(C(C)C)cc4)c4cc(F)cc(-c5cccc6ccccc56)c4)ccc23)cc1. The molecule has 0 amide bonds. The number of halogens is 2. The molecule has 2 nitrogen and oxygen atoms in total. The summed E-state index contributed by atoms with van der Waals surface area (Å²) in [5, 5.41) is 8.75. The summed E-state index contributed by atoms with van der Waals surface area (Å²) in [5.41, 5.74) is 17.1. The molecule has 14 aromatic carbocycles. The average molecular weight is 1130 g/mol. The van der Waals surface area contributed by atoms with Gasteiger partial charge in [0.1, 0.15) is 11.6 Å². The second kappa shape index (κ2) is 21.6. The van der Waals surface area contributed by atoms with Gasteiger partial charge in [-0.25, -0.2) is 8.78 Å². The minimum absolute atomic E-state index is 0.315. The van der Waals surface area contributed by atoms with Gasteiger partial charge >= 0.3 is 0 Å². The van der Waals surface area contributed by atoms with Crippen molar-refractivity contribution < 1.29 is 8.78 Å². The minimum atomic E-state index is -0.863. The average Bonchev–Trinajstić information content (AvgIpc) is 1.55. The molecular formula is C83H62F2N2. The number of nitrogens with zero attached hydrogens (tertiary/aromatic N) is 2. The monoisotopic (exact) mass is 1120 g/mol. The lowest BCUT2D eigenvalue weighted by atomic mass is 9.66. The molecule has 87 heavy (non-hydrogen) atoms. The van der Waals surface area contributed by atoms with Gasteiger partial charge in [-0.2, -0.15) is 0 Å². The molecule has 0 saturated heterocycles. The summed E-state index contributed by atoms with van der Waals surface area (Å²) in [6.45, 7) is 8.84. The Kier molecular flexibility index (Phi) is 13.2. The Morgan fingerprint density at radius 2 is 0.724 bits per heavy atom. The Morgan fingerprint density at radius 1 is 0.299 bits per heavy atom. The quantitative estimate of drug-likeness (QED) is 0.113. The van der Waals surface area contributed by atoms with E-state index < -0.39 is 5.41 Å². The highest BCUT2D eigenvalue weighted by Crippen LogP contribution is 2.62. The molecule has 15 rings (SSSR count). The summed E-state index contributed by atoms with van der Waals surface area (Å²) in [7, 11) is 0. The van der Waals surface area contributed by atoms with Gasteiger partial charge in [0, 0.05) is 34.1 Å². The molecule has 0 spiro atoms. The number of rotatable bonds is 12. The van der Waals surface area contributed by atoms with E-state index in [1.54, 1.807) is 24.3 Å². The standard InChI is InChI=1S/C83H62F2N2/c1-53(2)55-33-37-65(38-34-55)86(69-47-59(45-63(84)49-69)73-31-17-21-57-19-11-13-27-71(57)73)67-41-43-77-79(51-67)75-29-15-16-30-76(75)81-78-44-42-68(52-80(78)83(82(77)81,61-23-7-5-8-24-61)62-25-9-6-10-26-62)87(66-39-35-56(36-40-66)54(3)4)70-48-60(46-64(85)50-70)74-32-18-22-58-20-12-14-28-72(58)74/h5-54H,1-4H3. The van der Waals surface area contributed by atoms with E-state index in [9.17, 15) is 0 Å². The summed E-state index contributed by atoms with van der Waals surface area (Å²) in [5.74, 6) is 0.0229. The molecule has 418 valence electrons. The third-order valence-corrected chi connectivity index (χ3v) is 18.1. The van der Waals surface area contributed by atoms with Crippen LogP contribution in [0.2, 0.25) is 0 Å². The summed E-state index contributed by atoms with van der Waals surface area (Å²) < 4.78 is 33.4. The van der Waals surface area contributed by atoms with Gasteiger partial charge < -0.3 is 9.80 Å². The zero-order valence-corrected chi connectivity index (χ0v) is 49.0. The van der Waals surface area contributed by atoms with Gasteiger partial charge in [-0.05, 0) is 207 Å². The molecule has 14 aromatic rings. The topological polar surface area (TPSA) is 6.48 Å². The first-order valence-corrected chi connectivity index (χ1v) is 30.2. The van der Waals surface area contributed by atoms with E-state index >= 15 is 8.78 Å². The van der Waals surface area contributed by atoms with E-state index in [-0.39, 0.29) is 11.6 Å². The van der Waals surface area contributed by atoms with Crippen molar-refractivity contribution in [3.05, 3.63) is 336 Å². The minimum Gasteiger partial charge on any atom is -0.310 e. The van der Waals surface area contributed by atoms with Crippen LogP contribution >= 0.6 is 0 Å². The molecule has 0 aliphatic heterocycles. The maximum atomic E-state index is 16.8. The fourth-order valence-corrected chi connectivity index (χ4v) is 14.0. The maximum absolute atomic E-state index is 16.8. The molecule has 1 aliphatic rings. The van der Waals surface area contributed by atoms with Crippen LogP contribution in [0.25, 0.3) is 76.5 Å². The van der Waals surface area contributed by atoms with Crippen LogP contribution in [0.5, 0.6) is 0 Å². The van der Waals surface area contributed by atoms with Crippen LogP contribution in [-0.2, 0) is 5.41 Å². The number of benzene rings is 14. The maximum Gasteiger partial charge on any atom is 0.125 e. The predicted molar refractivity (Wildman–Crippen MR) is 362 cm³/mol. The zero-order valence-electron chi connectivity index (χ0n) is 49.0. The van der Waals surface area contributed by atoms with E-state index in [2.05, 4.69) is 280 Å². The molecule has 0 aromatic heterocycles. The van der Waals surface area contributed by atoms with Crippen molar-refractivity contribution in [1.29, 1.82) is 0 Å². The third kappa shape index (κ3) is 9.05. The van der Waals surface area contributed by atoms with Gasteiger partial charge in [-0.3, -0.25) is 0 Å². The zero-order chi connectivity index (χ0) is 58.9. The van der Waals surface area contributed by atoms with Crippen molar-refractivity contribution in [2.24, 2.45) is 0 Å². The van der Waals surface area contributed by atoms with Crippen LogP contribution in [0.4, 0.5) is 42.9 Å². The first-order chi connectivity index (χ1) is 42.6. The highest BCUT2D eigenvalue weighted by Gasteiger charge is 2.48. The van der Waals surface area contributed by atoms with Crippen LogP contribution < -0.4 is 9.80 Å². The molecule has 0 bridgehead atoms. The van der Waals surface area contributed by atoms with Gasteiger partial charge in [0.25, 0.3) is 0 Å². The Hall–Kier alpha value is -10.4. The van der Waals surface area contributed by atoms with Crippen molar-refractivity contribution in [2.75, 3.05) is 9.80 Å². The predicted octanol–water partition coefficient (Wildman–Crippen LogP) is 23.5. The number of hydrogen-bond donors (Lipinski definition) is 0. The molecule has 0 N–H and O–H groups in total. The number of hydrogen-bond acceptors (Lipinski definition) is 2. The summed E-state index contributed by atoms with van der Waals surface area (Å²) in [6.07, 6.45) is 0. The Morgan fingerprint density at radius 3 is 1.23 bits per heavy atom. The second-order valence-electron chi connectivity index (χ2n) is 23.9.